The van der Waals surface area contributed by atoms with Crippen LogP contribution in [0.4, 0.5) is 5.69 Å². The Morgan fingerprint density at radius 1 is 1.00 bits per heavy atom. The zero-order valence-corrected chi connectivity index (χ0v) is 17.2. The first-order chi connectivity index (χ1) is 12.6. The maximum absolute atomic E-state index is 12.2. The Hall–Kier alpha value is -2.32. The summed E-state index contributed by atoms with van der Waals surface area (Å²) in [4.78, 5) is 0. The summed E-state index contributed by atoms with van der Waals surface area (Å²) < 4.78 is 26.0. The summed E-state index contributed by atoms with van der Waals surface area (Å²) in [5.74, 6) is 0. The molecule has 2 aromatic rings. The number of nitrogens with one attached hydrogen (secondary N) is 4. The molecule has 0 amide bonds. The largest absolute Gasteiger partial charge is 0.361 e. The van der Waals surface area contributed by atoms with Crippen LogP contribution >= 0.6 is 11.8 Å². The highest BCUT2D eigenvalue weighted by atomic mass is 32.2. The van der Waals surface area contributed by atoms with E-state index in [1.54, 1.807) is 45.0 Å². The molecule has 144 valence electrons. The fourth-order valence-electron chi connectivity index (χ4n) is 1.97. The van der Waals surface area contributed by atoms with Gasteiger partial charge in [0.05, 0.1) is 4.75 Å². The van der Waals surface area contributed by atoms with Gasteiger partial charge in [0.2, 0.25) is 10.0 Å². The highest BCUT2D eigenvalue weighted by Crippen LogP contribution is 2.20. The summed E-state index contributed by atoms with van der Waals surface area (Å²) in [5, 5.41) is 19.4. The maximum atomic E-state index is 12.2. The van der Waals surface area contributed by atoms with Crippen molar-refractivity contribution in [3.05, 3.63) is 65.7 Å². The van der Waals surface area contributed by atoms with Gasteiger partial charge in [-0.1, -0.05) is 42.5 Å². The van der Waals surface area contributed by atoms with Gasteiger partial charge < -0.3 is 5.32 Å². The number of hydrogen-bond acceptors (Lipinski definition) is 5. The van der Waals surface area contributed by atoms with E-state index in [1.165, 1.54) is 0 Å². The van der Waals surface area contributed by atoms with E-state index >= 15 is 0 Å². The maximum Gasteiger partial charge on any atom is 0.237 e. The number of anilines is 1. The molecule has 0 spiro atoms. The average molecular weight is 405 g/mol. The molecule has 2 aromatic carbocycles. The van der Waals surface area contributed by atoms with Gasteiger partial charge in [-0.3, -0.25) is 15.5 Å². The molecule has 0 aliphatic heterocycles. The smallest absolute Gasteiger partial charge is 0.237 e. The van der Waals surface area contributed by atoms with Crippen LogP contribution < -0.4 is 10.0 Å². The highest BCUT2D eigenvalue weighted by Gasteiger charge is 2.28. The number of sulfonamides is 1. The molecule has 0 bridgehead atoms. The average Bonchev–Trinajstić information content (AvgIpc) is 2.60. The van der Waals surface area contributed by atoms with E-state index < -0.39 is 14.8 Å². The van der Waals surface area contributed by atoms with Gasteiger partial charge >= 0.3 is 0 Å². The van der Waals surface area contributed by atoms with Crippen molar-refractivity contribution in [2.24, 2.45) is 0 Å². The minimum atomic E-state index is -3.46. The predicted octanol–water partition coefficient (Wildman–Crippen LogP) is 4.01. The molecule has 0 fully saturated rings. The first-order valence-corrected chi connectivity index (χ1v) is 10.6. The molecule has 0 aromatic heterocycles. The van der Waals surface area contributed by atoms with E-state index in [2.05, 4.69) is 10.0 Å². The van der Waals surface area contributed by atoms with Gasteiger partial charge in [0.15, 0.2) is 5.17 Å². The Morgan fingerprint density at radius 2 is 1.59 bits per heavy atom. The van der Waals surface area contributed by atoms with Crippen LogP contribution in [0.3, 0.4) is 0 Å². The summed E-state index contributed by atoms with van der Waals surface area (Å²) in [6.45, 7) is 5.35. The second-order valence-electron chi connectivity index (χ2n) is 6.89. The Morgan fingerprint density at radius 3 is 2.15 bits per heavy atom. The highest BCUT2D eigenvalue weighted by molar-refractivity contribution is 8.26. The second-order valence-corrected chi connectivity index (χ2v) is 10.4. The van der Waals surface area contributed by atoms with Gasteiger partial charge in [-0.25, -0.2) is 8.42 Å². The van der Waals surface area contributed by atoms with Crippen molar-refractivity contribution in [3.63, 3.8) is 0 Å². The third kappa shape index (κ3) is 6.11. The van der Waals surface area contributed by atoms with Gasteiger partial charge in [0.25, 0.3) is 0 Å². The van der Waals surface area contributed by atoms with Gasteiger partial charge in [-0.05, 0) is 50.2 Å². The lowest BCUT2D eigenvalue weighted by molar-refractivity contribution is 0.566. The quantitative estimate of drug-likeness (QED) is 0.446. The van der Waals surface area contributed by atoms with Crippen molar-refractivity contribution in [2.75, 3.05) is 4.72 Å². The zero-order chi connectivity index (χ0) is 20.1. The van der Waals surface area contributed by atoms with Crippen LogP contribution in [0.15, 0.2) is 54.6 Å². The van der Waals surface area contributed by atoms with E-state index in [9.17, 15) is 8.42 Å². The first-order valence-electron chi connectivity index (χ1n) is 8.34. The van der Waals surface area contributed by atoms with Gasteiger partial charge in [0.1, 0.15) is 5.04 Å². The minimum absolute atomic E-state index is 0.182. The molecule has 2 rings (SSSR count). The van der Waals surface area contributed by atoms with Gasteiger partial charge in [0, 0.05) is 17.8 Å². The molecule has 0 heterocycles. The van der Waals surface area contributed by atoms with Gasteiger partial charge in [-0.2, -0.15) is 0 Å². The Kier molecular flexibility index (Phi) is 6.67. The van der Waals surface area contributed by atoms with Crippen LogP contribution in [0.1, 0.15) is 31.9 Å². The lowest BCUT2D eigenvalue weighted by Crippen LogP contribution is -2.33. The standard InChI is InChI=1S/C19H24N4O2S2/c1-19(2,3)27(24,25)23-16-11-9-14(10-12-16)13-22-18(21)26-17(20)15-7-5-4-6-8-15/h4-12,20,23H,13H2,1-3H3,(H2,21,22). The van der Waals surface area contributed by atoms with E-state index in [-0.39, 0.29) is 5.17 Å². The number of amidine groups is 1. The lowest BCUT2D eigenvalue weighted by Gasteiger charge is -2.20. The molecule has 0 radical (unpaired) electrons. The molecule has 0 aliphatic rings. The fraction of sp³-hybridized carbons (Fsp3) is 0.263. The van der Waals surface area contributed by atoms with Crippen LogP contribution in [0.25, 0.3) is 0 Å². The number of rotatable bonds is 5. The van der Waals surface area contributed by atoms with Crippen LogP contribution in [0.2, 0.25) is 0 Å². The van der Waals surface area contributed by atoms with Crippen molar-refractivity contribution in [2.45, 2.75) is 32.1 Å². The van der Waals surface area contributed by atoms with Crippen LogP contribution in [0.5, 0.6) is 0 Å². The molecule has 0 aliphatic carbocycles. The number of hydrogen-bond donors (Lipinski definition) is 4. The molecular weight excluding hydrogens is 380 g/mol. The monoisotopic (exact) mass is 404 g/mol. The van der Waals surface area contributed by atoms with Crippen molar-refractivity contribution in [1.82, 2.24) is 5.32 Å². The van der Waals surface area contributed by atoms with E-state index in [0.717, 1.165) is 22.9 Å². The lowest BCUT2D eigenvalue weighted by atomic mass is 10.2. The number of thioether (sulfide) groups is 1. The Balaban J connectivity index is 1.88. The van der Waals surface area contributed by atoms with Crippen molar-refractivity contribution in [3.8, 4) is 0 Å². The van der Waals surface area contributed by atoms with E-state index in [1.807, 2.05) is 30.3 Å². The molecule has 8 heteroatoms. The molecule has 0 saturated carbocycles. The van der Waals surface area contributed by atoms with Gasteiger partial charge in [-0.15, -0.1) is 0 Å². The Labute approximate surface area is 164 Å². The van der Waals surface area contributed by atoms with Crippen molar-refractivity contribution >= 4 is 37.7 Å². The third-order valence-electron chi connectivity index (χ3n) is 3.71. The topological polar surface area (TPSA) is 106 Å². The molecule has 6 nitrogen and oxygen atoms in total. The minimum Gasteiger partial charge on any atom is -0.361 e. The molecule has 0 atom stereocenters. The Bertz CT molecular complexity index is 903. The summed E-state index contributed by atoms with van der Waals surface area (Å²) in [6.07, 6.45) is 0. The summed E-state index contributed by atoms with van der Waals surface area (Å²) in [7, 11) is -3.46. The third-order valence-corrected chi connectivity index (χ3v) is 6.61. The molecule has 0 unspecified atom stereocenters. The fourth-order valence-corrected chi connectivity index (χ4v) is 3.32. The van der Waals surface area contributed by atoms with E-state index in [4.69, 9.17) is 10.8 Å². The normalized spacial score (nSPS) is 11.7. The SMILES string of the molecule is CC(C)(C)S(=O)(=O)Nc1ccc(CNC(=N)SC(=N)c2ccccc2)cc1. The molecular formula is C19H24N4O2S2. The zero-order valence-electron chi connectivity index (χ0n) is 15.5. The summed E-state index contributed by atoms with van der Waals surface area (Å²) >= 11 is 1.05. The first kappa shape index (κ1) is 21.0. The summed E-state index contributed by atoms with van der Waals surface area (Å²) in [5.41, 5.74) is 2.18. The molecule has 27 heavy (non-hydrogen) atoms. The van der Waals surface area contributed by atoms with Crippen molar-refractivity contribution in [1.29, 1.82) is 10.8 Å². The van der Waals surface area contributed by atoms with Crippen LogP contribution in [0, 0.1) is 10.8 Å². The predicted molar refractivity (Wildman–Crippen MR) is 114 cm³/mol. The van der Waals surface area contributed by atoms with E-state index in [0.29, 0.717) is 17.3 Å². The van der Waals surface area contributed by atoms with Crippen LogP contribution in [-0.4, -0.2) is 23.4 Å². The molecule has 0 saturated heterocycles. The van der Waals surface area contributed by atoms with Crippen molar-refractivity contribution < 1.29 is 8.42 Å². The second kappa shape index (κ2) is 8.58. The molecule has 4 N–H and O–H groups in total. The summed E-state index contributed by atoms with van der Waals surface area (Å²) in [6, 6.07) is 16.3. The number of benzene rings is 2. The van der Waals surface area contributed by atoms with Crippen LogP contribution in [-0.2, 0) is 16.6 Å².